The maximum absolute atomic E-state index is 4.46. The number of imidazole rings is 1. The lowest BCUT2D eigenvalue weighted by atomic mass is 9.95. The zero-order valence-corrected chi connectivity index (χ0v) is 16.7. The zero-order valence-electron chi connectivity index (χ0n) is 16.7. The minimum Gasteiger partial charge on any atom is -0.348 e. The van der Waals surface area contributed by atoms with Gasteiger partial charge in [-0.05, 0) is 69.8 Å². The molecule has 0 unspecified atom stereocenters. The summed E-state index contributed by atoms with van der Waals surface area (Å²) in [5.41, 5.74) is 5.33. The van der Waals surface area contributed by atoms with E-state index in [0.717, 1.165) is 19.0 Å². The van der Waals surface area contributed by atoms with Gasteiger partial charge in [-0.15, -0.1) is 0 Å². The summed E-state index contributed by atoms with van der Waals surface area (Å²) in [6.07, 6.45) is 5.63. The number of aryl methyl sites for hydroxylation is 2. The SMILES string of the molecule is CCN(Cc1nc[nH]c1C)CC1CCN(CCc2ccccc2C)CC1. The molecule has 1 N–H and O–H groups in total. The Labute approximate surface area is 158 Å². The number of benzene rings is 1. The molecule has 1 aromatic heterocycles. The topological polar surface area (TPSA) is 35.2 Å². The number of rotatable bonds is 8. The molecule has 0 bridgehead atoms. The molecule has 4 nitrogen and oxygen atoms in total. The van der Waals surface area contributed by atoms with E-state index in [1.807, 2.05) is 6.33 Å². The molecule has 1 fully saturated rings. The molecule has 1 saturated heterocycles. The summed E-state index contributed by atoms with van der Waals surface area (Å²) >= 11 is 0. The minimum absolute atomic E-state index is 0.823. The van der Waals surface area contributed by atoms with Crippen molar-refractivity contribution >= 4 is 0 Å². The van der Waals surface area contributed by atoms with Crippen LogP contribution in [0.15, 0.2) is 30.6 Å². The predicted octanol–water partition coefficient (Wildman–Crippen LogP) is 3.80. The number of nitrogens with zero attached hydrogens (tertiary/aromatic N) is 3. The van der Waals surface area contributed by atoms with E-state index in [4.69, 9.17) is 0 Å². The fraction of sp³-hybridized carbons (Fsp3) is 0.591. The van der Waals surface area contributed by atoms with Crippen LogP contribution in [0.3, 0.4) is 0 Å². The van der Waals surface area contributed by atoms with Crippen LogP contribution in [0.1, 0.15) is 42.3 Å². The number of aromatic nitrogens is 2. The van der Waals surface area contributed by atoms with Gasteiger partial charge in [-0.3, -0.25) is 4.90 Å². The lowest BCUT2D eigenvalue weighted by molar-refractivity contribution is 0.143. The van der Waals surface area contributed by atoms with Gasteiger partial charge in [0.25, 0.3) is 0 Å². The Morgan fingerprint density at radius 3 is 2.62 bits per heavy atom. The molecule has 1 aliphatic rings. The second-order valence-electron chi connectivity index (χ2n) is 7.76. The smallest absolute Gasteiger partial charge is 0.0925 e. The first kappa shape index (κ1) is 19.1. The lowest BCUT2D eigenvalue weighted by Crippen LogP contribution is -2.39. The maximum atomic E-state index is 4.46. The van der Waals surface area contributed by atoms with Crippen LogP contribution in [-0.4, -0.2) is 52.5 Å². The predicted molar refractivity (Wildman–Crippen MR) is 108 cm³/mol. The standard InChI is InChI=1S/C22H34N4/c1-4-25(16-22-19(3)23-17-24-22)15-20-9-12-26(13-10-20)14-11-21-8-6-5-7-18(21)2/h5-8,17,20H,4,9-16H2,1-3H3,(H,23,24). The molecule has 0 radical (unpaired) electrons. The van der Waals surface area contributed by atoms with Crippen molar-refractivity contribution < 1.29 is 0 Å². The average molecular weight is 355 g/mol. The number of nitrogens with one attached hydrogen (secondary N) is 1. The fourth-order valence-corrected chi connectivity index (χ4v) is 3.99. The fourth-order valence-electron chi connectivity index (χ4n) is 3.99. The van der Waals surface area contributed by atoms with Crippen LogP contribution in [0, 0.1) is 19.8 Å². The third-order valence-corrected chi connectivity index (χ3v) is 5.94. The molecule has 3 rings (SSSR count). The van der Waals surface area contributed by atoms with Gasteiger partial charge in [0.15, 0.2) is 0 Å². The largest absolute Gasteiger partial charge is 0.348 e. The summed E-state index contributed by atoms with van der Waals surface area (Å²) in [5, 5.41) is 0. The van der Waals surface area contributed by atoms with E-state index in [-0.39, 0.29) is 0 Å². The van der Waals surface area contributed by atoms with Gasteiger partial charge in [-0.2, -0.15) is 0 Å². The quantitative estimate of drug-likeness (QED) is 0.783. The van der Waals surface area contributed by atoms with Gasteiger partial charge in [-0.25, -0.2) is 4.98 Å². The van der Waals surface area contributed by atoms with E-state index in [0.29, 0.717) is 0 Å². The molecule has 0 amide bonds. The van der Waals surface area contributed by atoms with Gasteiger partial charge in [0.05, 0.1) is 12.0 Å². The highest BCUT2D eigenvalue weighted by molar-refractivity contribution is 5.25. The van der Waals surface area contributed by atoms with Gasteiger partial charge in [-0.1, -0.05) is 31.2 Å². The molecule has 0 aliphatic carbocycles. The monoisotopic (exact) mass is 354 g/mol. The Kier molecular flexibility index (Phi) is 6.86. The van der Waals surface area contributed by atoms with Gasteiger partial charge >= 0.3 is 0 Å². The first-order valence-electron chi connectivity index (χ1n) is 10.1. The highest BCUT2D eigenvalue weighted by Gasteiger charge is 2.21. The van der Waals surface area contributed by atoms with E-state index in [1.165, 1.54) is 68.0 Å². The second kappa shape index (κ2) is 9.33. The van der Waals surface area contributed by atoms with Crippen molar-refractivity contribution in [3.63, 3.8) is 0 Å². The number of hydrogen-bond acceptors (Lipinski definition) is 3. The van der Waals surface area contributed by atoms with Crippen molar-refractivity contribution in [1.82, 2.24) is 19.8 Å². The maximum Gasteiger partial charge on any atom is 0.0925 e. The molecule has 142 valence electrons. The number of likely N-dealkylation sites (tertiary alicyclic amines) is 1. The van der Waals surface area contributed by atoms with Gasteiger partial charge in [0, 0.05) is 25.3 Å². The van der Waals surface area contributed by atoms with Crippen molar-refractivity contribution in [3.05, 3.63) is 53.1 Å². The molecule has 4 heteroatoms. The van der Waals surface area contributed by atoms with Crippen molar-refractivity contribution in [3.8, 4) is 0 Å². The zero-order chi connectivity index (χ0) is 18.4. The van der Waals surface area contributed by atoms with Gasteiger partial charge < -0.3 is 9.88 Å². The molecule has 26 heavy (non-hydrogen) atoms. The summed E-state index contributed by atoms with van der Waals surface area (Å²) in [7, 11) is 0. The highest BCUT2D eigenvalue weighted by Crippen LogP contribution is 2.20. The summed E-state index contributed by atoms with van der Waals surface area (Å²) in [6.45, 7) is 13.6. The van der Waals surface area contributed by atoms with E-state index < -0.39 is 0 Å². The number of H-pyrrole nitrogens is 1. The van der Waals surface area contributed by atoms with Crippen LogP contribution < -0.4 is 0 Å². The van der Waals surface area contributed by atoms with Gasteiger partial charge in [0.2, 0.25) is 0 Å². The van der Waals surface area contributed by atoms with Crippen LogP contribution in [0.4, 0.5) is 0 Å². The molecular formula is C22H34N4. The van der Waals surface area contributed by atoms with Crippen LogP contribution in [0.25, 0.3) is 0 Å². The first-order chi connectivity index (χ1) is 12.7. The van der Waals surface area contributed by atoms with Crippen molar-refractivity contribution in [2.45, 2.75) is 46.6 Å². The minimum atomic E-state index is 0.823. The summed E-state index contributed by atoms with van der Waals surface area (Å²) in [6, 6.07) is 8.80. The molecule has 1 aromatic carbocycles. The van der Waals surface area contributed by atoms with Gasteiger partial charge in [0.1, 0.15) is 0 Å². The van der Waals surface area contributed by atoms with E-state index >= 15 is 0 Å². The number of hydrogen-bond donors (Lipinski definition) is 1. The molecule has 0 atom stereocenters. The van der Waals surface area contributed by atoms with Crippen molar-refractivity contribution in [2.24, 2.45) is 5.92 Å². The Hall–Kier alpha value is -1.65. The summed E-state index contributed by atoms with van der Waals surface area (Å²) in [5.74, 6) is 0.823. The molecule has 0 saturated carbocycles. The Morgan fingerprint density at radius 2 is 1.96 bits per heavy atom. The lowest BCUT2D eigenvalue weighted by Gasteiger charge is -2.34. The second-order valence-corrected chi connectivity index (χ2v) is 7.76. The molecule has 2 heterocycles. The van der Waals surface area contributed by atoms with Crippen LogP contribution in [0.5, 0.6) is 0 Å². The normalized spacial score (nSPS) is 16.5. The number of aromatic amines is 1. The van der Waals surface area contributed by atoms with E-state index in [9.17, 15) is 0 Å². The van der Waals surface area contributed by atoms with E-state index in [1.54, 1.807) is 0 Å². The van der Waals surface area contributed by atoms with Crippen LogP contribution in [0.2, 0.25) is 0 Å². The Balaban J connectivity index is 1.41. The first-order valence-corrected chi connectivity index (χ1v) is 10.1. The highest BCUT2D eigenvalue weighted by atomic mass is 15.2. The average Bonchev–Trinajstić information content (AvgIpc) is 3.06. The van der Waals surface area contributed by atoms with Crippen LogP contribution >= 0.6 is 0 Å². The Morgan fingerprint density at radius 1 is 1.19 bits per heavy atom. The van der Waals surface area contributed by atoms with Crippen molar-refractivity contribution in [1.29, 1.82) is 0 Å². The van der Waals surface area contributed by atoms with Crippen molar-refractivity contribution in [2.75, 3.05) is 32.7 Å². The molecule has 0 spiro atoms. The molecule has 1 aliphatic heterocycles. The number of piperidine rings is 1. The van der Waals surface area contributed by atoms with Crippen LogP contribution in [-0.2, 0) is 13.0 Å². The molecular weight excluding hydrogens is 320 g/mol. The summed E-state index contributed by atoms with van der Waals surface area (Å²) in [4.78, 5) is 12.9. The molecule has 2 aromatic rings. The summed E-state index contributed by atoms with van der Waals surface area (Å²) < 4.78 is 0. The Bertz CT molecular complexity index is 670. The third-order valence-electron chi connectivity index (χ3n) is 5.94. The van der Waals surface area contributed by atoms with E-state index in [2.05, 4.69) is 64.8 Å². The third kappa shape index (κ3) is 5.18.